The van der Waals surface area contributed by atoms with Gasteiger partial charge in [0.05, 0.1) is 6.10 Å². The van der Waals surface area contributed by atoms with Crippen LogP contribution in [0.3, 0.4) is 0 Å². The van der Waals surface area contributed by atoms with Crippen LogP contribution >= 0.6 is 0 Å². The van der Waals surface area contributed by atoms with Crippen LogP contribution in [-0.4, -0.2) is 49.1 Å². The lowest BCUT2D eigenvalue weighted by Crippen LogP contribution is -2.60. The predicted molar refractivity (Wildman–Crippen MR) is 116 cm³/mol. The lowest BCUT2D eigenvalue weighted by atomic mass is 9.47. The molecule has 0 bridgehead atoms. The number of carbonyl (C=O) groups is 2. The minimum atomic E-state index is -0.590. The third kappa shape index (κ3) is 3.19. The molecule has 172 valence electrons. The summed E-state index contributed by atoms with van der Waals surface area (Å²) in [7, 11) is 1.76. The molecular formula is C25H37FN2O3. The van der Waals surface area contributed by atoms with Crippen molar-refractivity contribution in [3.8, 4) is 0 Å². The van der Waals surface area contributed by atoms with Crippen LogP contribution in [0.25, 0.3) is 0 Å². The Morgan fingerprint density at radius 1 is 1.19 bits per heavy atom. The number of fused-ring (bicyclic) bond motifs is 5. The molecule has 2 heterocycles. The molecule has 5 nitrogen and oxygen atoms in total. The Balaban J connectivity index is 1.34. The third-order valence-electron chi connectivity index (χ3n) is 10.0. The quantitative estimate of drug-likeness (QED) is 0.737. The third-order valence-corrected chi connectivity index (χ3v) is 10.0. The van der Waals surface area contributed by atoms with Crippen LogP contribution in [0.2, 0.25) is 0 Å². The maximum Gasteiger partial charge on any atom is 0.282 e. The zero-order valence-electron chi connectivity index (χ0n) is 19.2. The summed E-state index contributed by atoms with van der Waals surface area (Å²) in [5, 5.41) is 3.20. The molecule has 5 rings (SSSR count). The Labute approximate surface area is 185 Å². The van der Waals surface area contributed by atoms with Gasteiger partial charge in [-0.05, 0) is 80.6 Å². The zero-order valence-corrected chi connectivity index (χ0v) is 19.2. The van der Waals surface area contributed by atoms with Crippen LogP contribution in [0.4, 0.5) is 4.39 Å². The Kier molecular flexibility index (Phi) is 5.23. The minimum Gasteiger partial charge on any atom is -0.376 e. The van der Waals surface area contributed by atoms with E-state index < -0.39 is 11.7 Å². The summed E-state index contributed by atoms with van der Waals surface area (Å²) in [6, 6.07) is 0.0806. The van der Waals surface area contributed by atoms with Gasteiger partial charge in [0.15, 0.2) is 5.83 Å². The maximum atomic E-state index is 14.5. The van der Waals surface area contributed by atoms with Gasteiger partial charge in [0.25, 0.3) is 5.91 Å². The van der Waals surface area contributed by atoms with E-state index in [0.717, 1.165) is 58.0 Å². The molecular weight excluding hydrogens is 395 g/mol. The van der Waals surface area contributed by atoms with Crippen molar-refractivity contribution in [2.75, 3.05) is 20.2 Å². The first kappa shape index (κ1) is 21.4. The summed E-state index contributed by atoms with van der Waals surface area (Å²) in [6.07, 6.45) is 9.99. The van der Waals surface area contributed by atoms with E-state index >= 15 is 0 Å². The maximum absolute atomic E-state index is 14.5. The first-order valence-corrected chi connectivity index (χ1v) is 12.3. The number of carbonyl (C=O) groups excluding carboxylic acids is 2. The van der Waals surface area contributed by atoms with Crippen molar-refractivity contribution >= 4 is 11.8 Å². The number of amides is 2. The smallest absolute Gasteiger partial charge is 0.282 e. The van der Waals surface area contributed by atoms with Gasteiger partial charge < -0.3 is 15.0 Å². The van der Waals surface area contributed by atoms with E-state index in [9.17, 15) is 14.0 Å². The molecule has 1 saturated heterocycles. The van der Waals surface area contributed by atoms with Gasteiger partial charge >= 0.3 is 0 Å². The van der Waals surface area contributed by atoms with Crippen LogP contribution < -0.4 is 5.32 Å². The summed E-state index contributed by atoms with van der Waals surface area (Å²) in [5.41, 5.74) is -0.291. The molecule has 5 aliphatic rings. The standard InChI is InChI=1S/C25H37FN2O3/c1-24-11-10-18-16(6-9-21-25(18,2)13-20(26)23(30)28(21)3)17(24)7-8-19(24)22(29)27-14-15-5-4-12-31-15/h13,15-19,21H,4-12,14H2,1-3H3,(H,27,29)/t15-,16?,17-,18?,19+,21+,24-,25+/m0/s1. The molecule has 4 fully saturated rings. The van der Waals surface area contributed by atoms with Crippen molar-refractivity contribution in [3.63, 3.8) is 0 Å². The van der Waals surface area contributed by atoms with Crippen molar-refractivity contribution in [1.29, 1.82) is 0 Å². The van der Waals surface area contributed by atoms with E-state index in [4.69, 9.17) is 4.74 Å². The molecule has 6 heteroatoms. The molecule has 0 aromatic rings. The molecule has 0 aromatic heterocycles. The number of hydrogen-bond acceptors (Lipinski definition) is 3. The number of hydrogen-bond donors (Lipinski definition) is 1. The van der Waals surface area contributed by atoms with Crippen molar-refractivity contribution < 1.29 is 18.7 Å². The van der Waals surface area contributed by atoms with E-state index in [1.807, 2.05) is 0 Å². The highest BCUT2D eigenvalue weighted by molar-refractivity contribution is 5.92. The van der Waals surface area contributed by atoms with Crippen molar-refractivity contribution in [3.05, 3.63) is 11.9 Å². The fraction of sp³-hybridized carbons (Fsp3) is 0.840. The minimum absolute atomic E-state index is 0.0175. The van der Waals surface area contributed by atoms with Crippen molar-refractivity contribution in [2.45, 2.75) is 77.4 Å². The van der Waals surface area contributed by atoms with Crippen LogP contribution in [0, 0.1) is 34.5 Å². The van der Waals surface area contributed by atoms with E-state index in [0.29, 0.717) is 24.3 Å². The van der Waals surface area contributed by atoms with Gasteiger partial charge in [-0.15, -0.1) is 0 Å². The molecule has 0 radical (unpaired) electrons. The molecule has 1 N–H and O–H groups in total. The number of rotatable bonds is 3. The molecule has 2 unspecified atom stereocenters. The summed E-state index contributed by atoms with van der Waals surface area (Å²) in [5.74, 6) is 0.586. The van der Waals surface area contributed by atoms with E-state index in [-0.39, 0.29) is 34.8 Å². The summed E-state index contributed by atoms with van der Waals surface area (Å²) in [4.78, 5) is 27.0. The number of nitrogens with zero attached hydrogens (tertiary/aromatic N) is 1. The van der Waals surface area contributed by atoms with Gasteiger partial charge in [0.2, 0.25) is 5.91 Å². The monoisotopic (exact) mass is 432 g/mol. The number of nitrogens with one attached hydrogen (secondary N) is 1. The molecule has 3 aliphatic carbocycles. The second kappa shape index (κ2) is 7.57. The summed E-state index contributed by atoms with van der Waals surface area (Å²) in [6.45, 7) is 5.94. The zero-order chi connectivity index (χ0) is 22.0. The lowest BCUT2D eigenvalue weighted by molar-refractivity contribution is -0.145. The van der Waals surface area contributed by atoms with Crippen LogP contribution in [0.5, 0.6) is 0 Å². The Morgan fingerprint density at radius 3 is 2.74 bits per heavy atom. The number of likely N-dealkylation sites (N-methyl/N-ethyl adjacent to an activating group) is 1. The lowest BCUT2D eigenvalue weighted by Gasteiger charge is -2.60. The van der Waals surface area contributed by atoms with Gasteiger partial charge in [-0.1, -0.05) is 13.8 Å². The Morgan fingerprint density at radius 2 is 2.00 bits per heavy atom. The topological polar surface area (TPSA) is 58.6 Å². The molecule has 0 spiro atoms. The fourth-order valence-corrected chi connectivity index (χ4v) is 8.40. The summed E-state index contributed by atoms with van der Waals surface area (Å²) >= 11 is 0. The molecule has 0 aromatic carbocycles. The highest BCUT2D eigenvalue weighted by atomic mass is 19.1. The van der Waals surface area contributed by atoms with E-state index in [1.54, 1.807) is 18.0 Å². The van der Waals surface area contributed by atoms with Crippen molar-refractivity contribution in [2.24, 2.45) is 34.5 Å². The average Bonchev–Trinajstić information content (AvgIpc) is 3.37. The number of halogens is 1. The first-order chi connectivity index (χ1) is 14.8. The highest BCUT2D eigenvalue weighted by Crippen LogP contribution is 2.65. The van der Waals surface area contributed by atoms with Gasteiger partial charge in [-0.25, -0.2) is 4.39 Å². The fourth-order valence-electron chi connectivity index (χ4n) is 8.40. The van der Waals surface area contributed by atoms with Gasteiger partial charge in [-0.3, -0.25) is 9.59 Å². The predicted octanol–water partition coefficient (Wildman–Crippen LogP) is 3.83. The molecule has 2 aliphatic heterocycles. The van der Waals surface area contributed by atoms with Crippen LogP contribution in [0.1, 0.15) is 65.2 Å². The second-order valence-electron chi connectivity index (χ2n) is 11.3. The molecule has 31 heavy (non-hydrogen) atoms. The Hall–Kier alpha value is -1.43. The largest absolute Gasteiger partial charge is 0.376 e. The first-order valence-electron chi connectivity index (χ1n) is 12.3. The van der Waals surface area contributed by atoms with Crippen LogP contribution in [-0.2, 0) is 14.3 Å². The summed E-state index contributed by atoms with van der Waals surface area (Å²) < 4.78 is 20.2. The number of ether oxygens (including phenoxy) is 1. The van der Waals surface area contributed by atoms with E-state index in [1.165, 1.54) is 0 Å². The second-order valence-corrected chi connectivity index (χ2v) is 11.3. The molecule has 3 saturated carbocycles. The van der Waals surface area contributed by atoms with Gasteiger partial charge in [-0.2, -0.15) is 0 Å². The van der Waals surface area contributed by atoms with Crippen molar-refractivity contribution in [1.82, 2.24) is 10.2 Å². The molecule has 2 amide bonds. The highest BCUT2D eigenvalue weighted by Gasteiger charge is 2.62. The van der Waals surface area contributed by atoms with Gasteiger partial charge in [0.1, 0.15) is 0 Å². The van der Waals surface area contributed by atoms with Gasteiger partial charge in [0, 0.05) is 37.6 Å². The SMILES string of the molecule is CN1C(=O)C(F)=C[C@]2(C)C3CC[C@]4(C)[C@@H](C(=O)NC[C@@H]5CCCO5)CC[C@H]4C3CC[C@@H]12. The van der Waals surface area contributed by atoms with Crippen LogP contribution in [0.15, 0.2) is 11.9 Å². The Bertz CT molecular complexity index is 794. The normalized spacial score (nSPS) is 46.8. The van der Waals surface area contributed by atoms with E-state index in [2.05, 4.69) is 19.2 Å². The molecule has 8 atom stereocenters. The average molecular weight is 433 g/mol.